The second-order valence-electron chi connectivity index (χ2n) is 6.24. The summed E-state index contributed by atoms with van der Waals surface area (Å²) < 4.78 is 128. The van der Waals surface area contributed by atoms with Crippen LogP contribution < -0.4 is 0 Å². The van der Waals surface area contributed by atoms with Crippen molar-refractivity contribution in [3.63, 3.8) is 0 Å². The van der Waals surface area contributed by atoms with Crippen molar-refractivity contribution >= 4 is 38.9 Å². The van der Waals surface area contributed by atoms with Crippen molar-refractivity contribution < 1.29 is 42.9 Å². The normalized spacial score (nSPS) is 34.6. The van der Waals surface area contributed by atoms with Gasteiger partial charge in [-0.05, 0) is 41.5 Å². The van der Waals surface area contributed by atoms with Gasteiger partial charge in [-0.3, -0.25) is 0 Å². The van der Waals surface area contributed by atoms with Crippen LogP contribution >= 0.6 is 38.9 Å². The summed E-state index contributed by atoms with van der Waals surface area (Å²) in [6.07, 6.45) is -3.43. The molecule has 0 N–H and O–H groups in total. The van der Waals surface area contributed by atoms with Crippen LogP contribution in [0.15, 0.2) is 22.6 Å². The van der Waals surface area contributed by atoms with E-state index in [-0.39, 0.29) is 0 Å². The number of hydrogen-bond donors (Lipinski definition) is 0. The largest absolute Gasteiger partial charge is 0.425 e. The summed E-state index contributed by atoms with van der Waals surface area (Å²) in [5.74, 6) is 0. The highest BCUT2D eigenvalue weighted by atomic mass is 31.3. The molecule has 0 aromatic heterocycles. The molecule has 0 aliphatic carbocycles. The highest BCUT2D eigenvalue weighted by Crippen LogP contribution is 2.82. The maximum Gasteiger partial charge on any atom is 0.425 e. The van der Waals surface area contributed by atoms with E-state index in [9.17, 15) is 16.8 Å². The highest BCUT2D eigenvalue weighted by molar-refractivity contribution is 7.78. The minimum absolute atomic E-state index is 1.11. The molecule has 3 atom stereocenters. The van der Waals surface area contributed by atoms with E-state index in [1.165, 1.54) is 41.5 Å². The van der Waals surface area contributed by atoms with Crippen molar-refractivity contribution in [1.82, 2.24) is 0 Å². The third kappa shape index (κ3) is 9.69. The third-order valence-electron chi connectivity index (χ3n) is 2.13. The molecule has 0 fully saturated rings. The minimum atomic E-state index is -6.47. The molecule has 0 radical (unpaired) electrons. The summed E-state index contributed by atoms with van der Waals surface area (Å²) in [6, 6.07) is 0. The molecule has 0 saturated carbocycles. The van der Waals surface area contributed by atoms with Crippen molar-refractivity contribution in [3.8, 4) is 0 Å². The summed E-state index contributed by atoms with van der Waals surface area (Å²) in [5, 5.41) is 0. The lowest BCUT2D eigenvalue weighted by molar-refractivity contribution is 0.239. The van der Waals surface area contributed by atoms with Crippen molar-refractivity contribution in [2.24, 2.45) is 22.6 Å². The van der Waals surface area contributed by atoms with E-state index >= 15 is 12.6 Å². The Balaban J connectivity index is 4.14. The van der Waals surface area contributed by atoms with Crippen molar-refractivity contribution in [2.75, 3.05) is 0 Å². The van der Waals surface area contributed by atoms with Crippen LogP contribution in [0.3, 0.4) is 0 Å². The summed E-state index contributed by atoms with van der Waals surface area (Å²) >= 11 is 0. The molecule has 0 saturated heterocycles. The Bertz CT molecular complexity index is 878. The van der Waals surface area contributed by atoms with Crippen LogP contribution in [-0.2, 0) is 13.6 Å². The van der Waals surface area contributed by atoms with E-state index in [0.717, 1.165) is 0 Å². The lowest BCUT2D eigenvalue weighted by atomic mass is 10.5. The number of nitrogens with zero attached hydrogens (tertiary/aromatic N) is 5. The van der Waals surface area contributed by atoms with Gasteiger partial charge in [-0.25, -0.2) is 0 Å². The van der Waals surface area contributed by atoms with Gasteiger partial charge in [0.1, 0.15) is 0 Å². The first-order chi connectivity index (χ1) is 12.8. The van der Waals surface area contributed by atoms with Crippen LogP contribution in [0.25, 0.3) is 0 Å². The Morgan fingerprint density at radius 1 is 0.448 bits per heavy atom. The first kappa shape index (κ1) is 27.6. The third-order valence-corrected chi connectivity index (χ3v) is 12.9. The van der Waals surface area contributed by atoms with Gasteiger partial charge in [-0.15, -0.1) is 39.4 Å². The van der Waals surface area contributed by atoms with Crippen molar-refractivity contribution in [2.45, 2.75) is 59.9 Å². The fraction of sp³-hybridized carbons (Fsp3) is 1.00. The summed E-state index contributed by atoms with van der Waals surface area (Å²) in [6.45, 7) is 7.18. The van der Waals surface area contributed by atoms with E-state index in [2.05, 4.69) is 27.1 Å². The quantitative estimate of drug-likeness (QED) is 0.250. The molecule has 0 amide bonds. The van der Waals surface area contributed by atoms with Crippen LogP contribution in [0.4, 0.5) is 29.4 Å². The number of hydrogen-bond acceptors (Lipinski definition) is 8. The lowest BCUT2D eigenvalue weighted by Crippen LogP contribution is -2.00. The predicted molar refractivity (Wildman–Crippen MR) is 103 cm³/mol. The highest BCUT2D eigenvalue weighted by Gasteiger charge is 2.42. The summed E-state index contributed by atoms with van der Waals surface area (Å²) in [4.78, 5) is 0. The first-order valence-electron chi connectivity index (χ1n) is 7.90. The molecule has 1 heterocycles. The Morgan fingerprint density at radius 2 is 0.724 bits per heavy atom. The second kappa shape index (κ2) is 9.58. The van der Waals surface area contributed by atoms with E-state index < -0.39 is 57.2 Å². The molecule has 1 rings (SSSR count). The van der Waals surface area contributed by atoms with Gasteiger partial charge >= 0.3 is 38.9 Å². The average molecular weight is 535 g/mol. The van der Waals surface area contributed by atoms with Crippen LogP contribution in [-0.4, -0.2) is 18.3 Å². The lowest BCUT2D eigenvalue weighted by Gasteiger charge is -2.22. The molecule has 174 valence electrons. The van der Waals surface area contributed by atoms with Gasteiger partial charge < -0.3 is 13.6 Å². The van der Waals surface area contributed by atoms with Crippen LogP contribution in [0.5, 0.6) is 0 Å². The second-order valence-corrected chi connectivity index (χ2v) is 15.1. The molecule has 1 aliphatic heterocycles. The fourth-order valence-corrected chi connectivity index (χ4v) is 12.0. The average Bonchev–Trinajstić information content (AvgIpc) is 2.26. The van der Waals surface area contributed by atoms with E-state index in [1.54, 1.807) is 0 Å². The SMILES string of the molecule is CC(C)OP1(F)=NP(F)(F)=NP(F)(F)=NP(F)(OC(C)C)=NP(F)(OC(C)C)=N1. The maximum atomic E-state index is 15.3. The van der Waals surface area contributed by atoms with E-state index in [4.69, 9.17) is 4.52 Å². The van der Waals surface area contributed by atoms with Gasteiger partial charge in [0.25, 0.3) is 0 Å². The Morgan fingerprint density at radius 3 is 1.07 bits per heavy atom. The van der Waals surface area contributed by atoms with Gasteiger partial charge in [0.15, 0.2) is 0 Å². The summed E-state index contributed by atoms with van der Waals surface area (Å²) in [7, 11) is -29.7. The van der Waals surface area contributed by atoms with Crippen LogP contribution in [0.2, 0.25) is 0 Å². The molecule has 0 bridgehead atoms. The van der Waals surface area contributed by atoms with Crippen LogP contribution in [0, 0.1) is 0 Å². The van der Waals surface area contributed by atoms with Gasteiger partial charge in [0, 0.05) is 0 Å². The zero-order chi connectivity index (χ0) is 22.9. The van der Waals surface area contributed by atoms with Gasteiger partial charge in [-0.1, -0.05) is 0 Å². The molecule has 8 nitrogen and oxygen atoms in total. The molecule has 3 unspecified atom stereocenters. The fourth-order valence-electron chi connectivity index (χ4n) is 1.69. The Hall–Kier alpha value is 0.540. The molecule has 29 heavy (non-hydrogen) atoms. The first-order valence-corrected chi connectivity index (χ1v) is 15.4. The molecular formula is C9H21F7N5O3P5. The minimum Gasteiger partial charge on any atom is -0.300 e. The van der Waals surface area contributed by atoms with E-state index in [0.29, 0.717) is 0 Å². The molecule has 0 aromatic rings. The zero-order valence-electron chi connectivity index (χ0n) is 16.1. The molecule has 20 heteroatoms. The van der Waals surface area contributed by atoms with Gasteiger partial charge in [0.2, 0.25) is 0 Å². The van der Waals surface area contributed by atoms with Crippen molar-refractivity contribution in [3.05, 3.63) is 0 Å². The Kier molecular flexibility index (Phi) is 9.11. The van der Waals surface area contributed by atoms with E-state index in [1.807, 2.05) is 4.52 Å². The maximum absolute atomic E-state index is 15.3. The number of rotatable bonds is 6. The molecule has 0 aromatic carbocycles. The van der Waals surface area contributed by atoms with Gasteiger partial charge in [0.05, 0.1) is 18.3 Å². The molecular weight excluding hydrogens is 514 g/mol. The number of halogens is 7. The monoisotopic (exact) mass is 535 g/mol. The van der Waals surface area contributed by atoms with Crippen molar-refractivity contribution in [1.29, 1.82) is 0 Å². The zero-order valence-corrected chi connectivity index (χ0v) is 20.5. The van der Waals surface area contributed by atoms with Crippen LogP contribution in [0.1, 0.15) is 41.5 Å². The van der Waals surface area contributed by atoms with Gasteiger partial charge in [-0.2, -0.15) is 12.6 Å². The standard InChI is InChI=1S/C9H21F7N5O3P5/c1-7(2)22-27(14)18-25(10,11)17-26(12,13)19-28(15,23-8(3)4)21-29(16,20-27)24-9(5)6/h7-9H,1-6H3. The predicted octanol–water partition coefficient (Wildman–Crippen LogP) is 10.8. The summed E-state index contributed by atoms with van der Waals surface area (Å²) in [5.41, 5.74) is 0. The topological polar surface area (TPSA) is 89.5 Å². The Labute approximate surface area is 164 Å². The molecule has 0 spiro atoms. The molecule has 1 aliphatic rings. The smallest absolute Gasteiger partial charge is 0.300 e.